The quantitative estimate of drug-likeness (QED) is 0.498. The number of hydrogen-bond donors (Lipinski definition) is 0. The minimum atomic E-state index is -4.71. The molecule has 3 aromatic heterocycles. The molecule has 35 heavy (non-hydrogen) atoms. The Labute approximate surface area is 202 Å². The van der Waals surface area contributed by atoms with Crippen molar-refractivity contribution in [3.8, 4) is 23.3 Å². The molecule has 188 valence electrons. The number of nitriles is 1. The molecule has 1 atom stereocenters. The van der Waals surface area contributed by atoms with Gasteiger partial charge in [-0.15, -0.1) is 0 Å². The average Bonchev–Trinajstić information content (AvgIpc) is 3.57. The lowest BCUT2D eigenvalue weighted by atomic mass is 10.2. The summed E-state index contributed by atoms with van der Waals surface area (Å²) >= 11 is 0. The Morgan fingerprint density at radius 3 is 2.37 bits per heavy atom. The second-order valence-corrected chi connectivity index (χ2v) is 9.71. The SMILES string of the molecule is CC.Cn1c(-c2ncc(OC(C)(C)C#N)cc2S(C)=O)nc2cc(C(F)(F)F)n(C3CC3)c(=O)c21. The monoisotopic (exact) mass is 509 g/mol. The van der Waals surface area contributed by atoms with Crippen molar-refractivity contribution in [2.24, 2.45) is 7.05 Å². The van der Waals surface area contributed by atoms with Crippen molar-refractivity contribution in [3.63, 3.8) is 0 Å². The van der Waals surface area contributed by atoms with Gasteiger partial charge in [-0.25, -0.2) is 9.97 Å². The van der Waals surface area contributed by atoms with Gasteiger partial charge in [0.25, 0.3) is 5.56 Å². The Morgan fingerprint density at radius 1 is 1.23 bits per heavy atom. The molecule has 0 aromatic carbocycles. The summed E-state index contributed by atoms with van der Waals surface area (Å²) in [5.74, 6) is 0.296. The highest BCUT2D eigenvalue weighted by atomic mass is 32.2. The topological polar surface area (TPSA) is 103 Å². The van der Waals surface area contributed by atoms with Crippen LogP contribution in [-0.4, -0.2) is 35.2 Å². The third-order valence-corrected chi connectivity index (χ3v) is 6.20. The fraction of sp³-hybridized carbons (Fsp3) is 0.478. The van der Waals surface area contributed by atoms with E-state index in [4.69, 9.17) is 4.74 Å². The highest BCUT2D eigenvalue weighted by molar-refractivity contribution is 7.84. The van der Waals surface area contributed by atoms with Gasteiger partial charge in [0.2, 0.25) is 0 Å². The number of pyridine rings is 2. The van der Waals surface area contributed by atoms with Crippen LogP contribution in [0.3, 0.4) is 0 Å². The molecule has 1 fully saturated rings. The van der Waals surface area contributed by atoms with Gasteiger partial charge in [-0.1, -0.05) is 13.8 Å². The number of aryl methyl sites for hydroxylation is 1. The summed E-state index contributed by atoms with van der Waals surface area (Å²) in [5.41, 5.74) is -2.95. The van der Waals surface area contributed by atoms with Crippen LogP contribution in [0.15, 0.2) is 28.0 Å². The Bertz CT molecular complexity index is 1400. The first-order chi connectivity index (χ1) is 16.3. The average molecular weight is 510 g/mol. The molecule has 0 N–H and O–H groups in total. The van der Waals surface area contributed by atoms with E-state index in [1.807, 2.05) is 19.9 Å². The lowest BCUT2D eigenvalue weighted by molar-refractivity contribution is -0.144. The standard InChI is InChI=1S/C21H20F3N5O3S.C2H6/c1-20(2,10-25)32-12-7-14(33(4)31)16(26-9-12)18-27-13-8-15(21(22,23)24)29(11-5-6-11)19(30)17(13)28(18)3;1-2/h7-9,11H,5-6H2,1-4H3;1-2H3. The maximum atomic E-state index is 13.7. The van der Waals surface area contributed by atoms with Crippen molar-refractivity contribution >= 4 is 21.8 Å². The summed E-state index contributed by atoms with van der Waals surface area (Å²) in [7, 11) is -0.0754. The minimum absolute atomic E-state index is 0.00507. The molecule has 8 nitrogen and oxygen atoms in total. The predicted molar refractivity (Wildman–Crippen MR) is 125 cm³/mol. The molecular weight excluding hydrogens is 483 g/mol. The largest absolute Gasteiger partial charge is 0.471 e. The summed E-state index contributed by atoms with van der Waals surface area (Å²) in [6.07, 6.45) is -0.993. The van der Waals surface area contributed by atoms with Crippen LogP contribution in [0.25, 0.3) is 22.6 Å². The molecule has 0 amide bonds. The fourth-order valence-electron chi connectivity index (χ4n) is 3.61. The van der Waals surface area contributed by atoms with E-state index in [1.165, 1.54) is 30.1 Å². The number of halogens is 3. The van der Waals surface area contributed by atoms with Gasteiger partial charge in [0, 0.05) is 25.4 Å². The van der Waals surface area contributed by atoms with Gasteiger partial charge in [-0.05, 0) is 32.8 Å². The van der Waals surface area contributed by atoms with Gasteiger partial charge in [0.05, 0.1) is 27.4 Å². The van der Waals surface area contributed by atoms with Crippen LogP contribution in [0.2, 0.25) is 0 Å². The molecule has 0 saturated heterocycles. The maximum absolute atomic E-state index is 13.7. The Kier molecular flexibility index (Phi) is 7.13. The molecule has 1 unspecified atom stereocenters. The van der Waals surface area contributed by atoms with Crippen molar-refractivity contribution in [2.45, 2.75) is 63.3 Å². The molecule has 3 heterocycles. The fourth-order valence-corrected chi connectivity index (χ4v) is 4.31. The third kappa shape index (κ3) is 5.10. The molecule has 0 radical (unpaired) electrons. The Morgan fingerprint density at radius 2 is 1.86 bits per heavy atom. The van der Waals surface area contributed by atoms with Crippen LogP contribution >= 0.6 is 0 Å². The van der Waals surface area contributed by atoms with E-state index in [1.54, 1.807) is 13.8 Å². The summed E-state index contributed by atoms with van der Waals surface area (Å²) in [4.78, 5) is 21.8. The zero-order chi connectivity index (χ0) is 26.3. The molecule has 0 spiro atoms. The predicted octanol–water partition coefficient (Wildman–Crippen LogP) is 4.60. The first-order valence-electron chi connectivity index (χ1n) is 11.0. The number of nitrogens with zero attached hydrogens (tertiary/aromatic N) is 5. The maximum Gasteiger partial charge on any atom is 0.431 e. The van der Waals surface area contributed by atoms with Gasteiger partial charge in [0.15, 0.2) is 11.4 Å². The van der Waals surface area contributed by atoms with Crippen LogP contribution in [0.1, 0.15) is 52.3 Å². The van der Waals surface area contributed by atoms with E-state index in [-0.39, 0.29) is 33.2 Å². The van der Waals surface area contributed by atoms with E-state index in [2.05, 4.69) is 9.97 Å². The molecule has 1 aliphatic carbocycles. The van der Waals surface area contributed by atoms with Crippen molar-refractivity contribution in [1.29, 1.82) is 5.26 Å². The lowest BCUT2D eigenvalue weighted by Crippen LogP contribution is -2.28. The second kappa shape index (κ2) is 9.45. The van der Waals surface area contributed by atoms with E-state index in [0.29, 0.717) is 12.8 Å². The van der Waals surface area contributed by atoms with Crippen LogP contribution in [0.4, 0.5) is 13.2 Å². The summed E-state index contributed by atoms with van der Waals surface area (Å²) in [6.45, 7) is 7.11. The van der Waals surface area contributed by atoms with Gasteiger partial charge in [0.1, 0.15) is 28.7 Å². The highest BCUT2D eigenvalue weighted by Gasteiger charge is 2.40. The smallest absolute Gasteiger partial charge is 0.431 e. The highest BCUT2D eigenvalue weighted by Crippen LogP contribution is 2.40. The lowest BCUT2D eigenvalue weighted by Gasteiger charge is -2.19. The second-order valence-electron chi connectivity index (χ2n) is 8.36. The summed E-state index contributed by atoms with van der Waals surface area (Å²) < 4.78 is 61.2. The molecule has 12 heteroatoms. The van der Waals surface area contributed by atoms with Gasteiger partial charge >= 0.3 is 6.18 Å². The first kappa shape index (κ1) is 26.4. The van der Waals surface area contributed by atoms with Gasteiger partial charge < -0.3 is 9.30 Å². The van der Waals surface area contributed by atoms with E-state index in [0.717, 1.165) is 10.6 Å². The molecule has 0 aliphatic heterocycles. The molecule has 1 aliphatic rings. The number of hydrogen-bond acceptors (Lipinski definition) is 6. The van der Waals surface area contributed by atoms with E-state index < -0.39 is 39.9 Å². The van der Waals surface area contributed by atoms with E-state index in [9.17, 15) is 27.4 Å². The van der Waals surface area contributed by atoms with Crippen LogP contribution in [0.5, 0.6) is 5.75 Å². The normalized spacial score (nSPS) is 14.7. The molecule has 0 bridgehead atoms. The number of fused-ring (bicyclic) bond motifs is 1. The molecule has 4 rings (SSSR count). The zero-order valence-corrected chi connectivity index (χ0v) is 21.0. The van der Waals surface area contributed by atoms with Crippen molar-refractivity contribution < 1.29 is 22.1 Å². The van der Waals surface area contributed by atoms with Crippen molar-refractivity contribution in [3.05, 3.63) is 34.4 Å². The van der Waals surface area contributed by atoms with Crippen LogP contribution in [0, 0.1) is 11.3 Å². The summed E-state index contributed by atoms with van der Waals surface area (Å²) in [6, 6.07) is 3.81. The summed E-state index contributed by atoms with van der Waals surface area (Å²) in [5, 5.41) is 9.17. The van der Waals surface area contributed by atoms with E-state index >= 15 is 0 Å². The first-order valence-corrected chi connectivity index (χ1v) is 12.5. The Balaban J connectivity index is 0.00000167. The molecule has 3 aromatic rings. The number of aromatic nitrogens is 4. The van der Waals surface area contributed by atoms with Crippen molar-refractivity contribution in [2.75, 3.05) is 6.26 Å². The zero-order valence-electron chi connectivity index (χ0n) is 20.2. The third-order valence-electron chi connectivity index (χ3n) is 5.27. The van der Waals surface area contributed by atoms with Crippen molar-refractivity contribution in [1.82, 2.24) is 19.1 Å². The number of ether oxygens (including phenoxy) is 1. The van der Waals surface area contributed by atoms with Gasteiger partial charge in [-0.2, -0.15) is 18.4 Å². The Hall–Kier alpha value is -3.20. The minimum Gasteiger partial charge on any atom is -0.471 e. The molecular formula is C23H26F3N5O3S. The number of rotatable bonds is 5. The van der Waals surface area contributed by atoms with Gasteiger partial charge in [-0.3, -0.25) is 13.6 Å². The van der Waals surface area contributed by atoms with Crippen LogP contribution in [-0.2, 0) is 24.0 Å². The molecule has 1 saturated carbocycles. The number of alkyl halides is 3. The van der Waals surface area contributed by atoms with Crippen LogP contribution < -0.4 is 10.3 Å². The number of imidazole rings is 1.